The molecule has 0 aromatic heterocycles. The molecule has 0 heterocycles. The second kappa shape index (κ2) is 15.8. The Hall–Kier alpha value is -3.56. The summed E-state index contributed by atoms with van der Waals surface area (Å²) in [6.07, 6.45) is 0.866. The SMILES string of the molecule is CC[C@@H](C)NC(=O)[C@H](Cc1ccccc1)N(Cc1ccc(Cl)cc1Cl)C(=O)CN(c1ccc(Cl)cc1C)S(=O)(=O)c1ccccc1. The zero-order chi connectivity index (χ0) is 33.4. The number of amides is 2. The van der Waals surface area contributed by atoms with Crippen molar-refractivity contribution in [3.05, 3.63) is 129 Å². The van der Waals surface area contributed by atoms with E-state index < -0.39 is 28.5 Å². The lowest BCUT2D eigenvalue weighted by Gasteiger charge is -2.34. The van der Waals surface area contributed by atoms with Crippen LogP contribution in [0.3, 0.4) is 0 Å². The summed E-state index contributed by atoms with van der Waals surface area (Å²) in [5.74, 6) is -0.961. The van der Waals surface area contributed by atoms with Gasteiger partial charge in [0.05, 0.1) is 10.6 Å². The summed E-state index contributed by atoms with van der Waals surface area (Å²) in [4.78, 5) is 30.0. The standard InChI is InChI=1S/C35H36Cl3N3O4S/c1-4-25(3)39-35(43)33(20-26-11-7-5-8-12-26)40(22-27-15-16-29(37)21-31(27)38)34(42)23-41(32-18-17-28(36)19-24(32)2)46(44,45)30-13-9-6-10-14-30/h5-19,21,25,33H,4,20,22-23H2,1-3H3,(H,39,43)/t25-,33+/m1/s1. The van der Waals surface area contributed by atoms with Crippen molar-refractivity contribution in [2.45, 2.75) is 57.1 Å². The molecule has 0 spiro atoms. The number of halogens is 3. The van der Waals surface area contributed by atoms with E-state index in [1.165, 1.54) is 17.0 Å². The highest BCUT2D eigenvalue weighted by Gasteiger charge is 2.35. The van der Waals surface area contributed by atoms with Gasteiger partial charge in [-0.25, -0.2) is 8.42 Å². The van der Waals surface area contributed by atoms with Gasteiger partial charge in [0.15, 0.2) is 0 Å². The fraction of sp³-hybridized carbons (Fsp3) is 0.257. The van der Waals surface area contributed by atoms with Crippen molar-refractivity contribution in [1.29, 1.82) is 0 Å². The summed E-state index contributed by atoms with van der Waals surface area (Å²) in [5.41, 5.74) is 2.22. The molecule has 242 valence electrons. The van der Waals surface area contributed by atoms with E-state index in [4.69, 9.17) is 34.8 Å². The molecule has 0 aliphatic rings. The number of hydrogen-bond donors (Lipinski definition) is 1. The van der Waals surface area contributed by atoms with E-state index in [-0.39, 0.29) is 35.5 Å². The minimum Gasteiger partial charge on any atom is -0.352 e. The van der Waals surface area contributed by atoms with Crippen LogP contribution in [0.15, 0.2) is 102 Å². The highest BCUT2D eigenvalue weighted by atomic mass is 35.5. The molecule has 0 aliphatic carbocycles. The van der Waals surface area contributed by atoms with Crippen LogP contribution in [0.4, 0.5) is 5.69 Å². The maximum Gasteiger partial charge on any atom is 0.264 e. The van der Waals surface area contributed by atoms with Crippen LogP contribution in [-0.4, -0.2) is 43.8 Å². The number of sulfonamides is 1. The molecule has 0 saturated carbocycles. The predicted molar refractivity (Wildman–Crippen MR) is 186 cm³/mol. The molecule has 11 heteroatoms. The highest BCUT2D eigenvalue weighted by Crippen LogP contribution is 2.30. The fourth-order valence-electron chi connectivity index (χ4n) is 4.96. The molecule has 0 aliphatic heterocycles. The van der Waals surface area contributed by atoms with Gasteiger partial charge in [0.25, 0.3) is 10.0 Å². The summed E-state index contributed by atoms with van der Waals surface area (Å²) in [5, 5.41) is 4.17. The van der Waals surface area contributed by atoms with Gasteiger partial charge in [-0.15, -0.1) is 0 Å². The largest absolute Gasteiger partial charge is 0.352 e. The Morgan fingerprint density at radius 3 is 2.07 bits per heavy atom. The van der Waals surface area contributed by atoms with E-state index in [2.05, 4.69) is 5.32 Å². The van der Waals surface area contributed by atoms with Gasteiger partial charge < -0.3 is 10.2 Å². The Labute approximate surface area is 286 Å². The van der Waals surface area contributed by atoms with Crippen molar-refractivity contribution in [3.8, 4) is 0 Å². The Bertz CT molecular complexity index is 1770. The van der Waals surface area contributed by atoms with Crippen LogP contribution >= 0.6 is 34.8 Å². The minimum atomic E-state index is -4.23. The molecular weight excluding hydrogens is 665 g/mol. The van der Waals surface area contributed by atoms with Gasteiger partial charge in [0.2, 0.25) is 11.8 Å². The van der Waals surface area contributed by atoms with Crippen molar-refractivity contribution in [2.75, 3.05) is 10.8 Å². The fourth-order valence-corrected chi connectivity index (χ4v) is 7.15. The maximum atomic E-state index is 14.6. The van der Waals surface area contributed by atoms with Gasteiger partial charge in [0, 0.05) is 34.1 Å². The number of carbonyl (C=O) groups is 2. The lowest BCUT2D eigenvalue weighted by molar-refractivity contribution is -0.140. The number of nitrogens with zero attached hydrogens (tertiary/aromatic N) is 2. The molecule has 0 fully saturated rings. The smallest absolute Gasteiger partial charge is 0.264 e. The molecular formula is C35H36Cl3N3O4S. The Balaban J connectivity index is 1.85. The first-order chi connectivity index (χ1) is 21.9. The quantitative estimate of drug-likeness (QED) is 0.155. The number of carbonyl (C=O) groups excluding carboxylic acids is 2. The molecule has 2 atom stereocenters. The van der Waals surface area contributed by atoms with E-state index in [1.807, 2.05) is 44.2 Å². The maximum absolute atomic E-state index is 14.6. The average molecular weight is 701 g/mol. The lowest BCUT2D eigenvalue weighted by atomic mass is 10.0. The first kappa shape index (κ1) is 35.3. The third kappa shape index (κ3) is 8.82. The summed E-state index contributed by atoms with van der Waals surface area (Å²) in [6.45, 7) is 4.90. The molecule has 0 radical (unpaired) electrons. The summed E-state index contributed by atoms with van der Waals surface area (Å²) >= 11 is 19.0. The van der Waals surface area contributed by atoms with E-state index in [9.17, 15) is 18.0 Å². The van der Waals surface area contributed by atoms with Crippen molar-refractivity contribution in [3.63, 3.8) is 0 Å². The second-order valence-electron chi connectivity index (χ2n) is 11.0. The number of anilines is 1. The van der Waals surface area contributed by atoms with Gasteiger partial charge in [-0.05, 0) is 79.4 Å². The molecule has 1 N–H and O–H groups in total. The van der Waals surface area contributed by atoms with Crippen LogP contribution in [0.1, 0.15) is 37.0 Å². The molecule has 4 rings (SSSR count). The zero-order valence-corrected chi connectivity index (χ0v) is 28.9. The molecule has 0 unspecified atom stereocenters. The molecule has 0 bridgehead atoms. The van der Waals surface area contributed by atoms with Gasteiger partial charge in [0.1, 0.15) is 12.6 Å². The van der Waals surface area contributed by atoms with Gasteiger partial charge in [-0.2, -0.15) is 0 Å². The third-order valence-electron chi connectivity index (χ3n) is 7.67. The van der Waals surface area contributed by atoms with Gasteiger partial charge in [-0.1, -0.05) is 96.3 Å². The van der Waals surface area contributed by atoms with E-state index in [0.717, 1.165) is 9.87 Å². The molecule has 7 nitrogen and oxygen atoms in total. The zero-order valence-electron chi connectivity index (χ0n) is 25.8. The molecule has 0 saturated heterocycles. The number of benzene rings is 4. The number of nitrogens with one attached hydrogen (secondary N) is 1. The van der Waals surface area contributed by atoms with Crippen LogP contribution in [0, 0.1) is 6.92 Å². The molecule has 2 amide bonds. The number of aryl methyl sites for hydroxylation is 1. The number of rotatable bonds is 13. The summed E-state index contributed by atoms with van der Waals surface area (Å²) in [7, 11) is -4.23. The summed E-state index contributed by atoms with van der Waals surface area (Å²) in [6, 6.07) is 25.8. The van der Waals surface area contributed by atoms with Crippen LogP contribution < -0.4 is 9.62 Å². The van der Waals surface area contributed by atoms with E-state index in [1.54, 1.807) is 61.5 Å². The Morgan fingerprint density at radius 2 is 1.46 bits per heavy atom. The Morgan fingerprint density at radius 1 is 0.848 bits per heavy atom. The van der Waals surface area contributed by atoms with Crippen molar-refractivity contribution >= 4 is 62.3 Å². The first-order valence-corrected chi connectivity index (χ1v) is 17.4. The van der Waals surface area contributed by atoms with E-state index >= 15 is 0 Å². The van der Waals surface area contributed by atoms with Gasteiger partial charge >= 0.3 is 0 Å². The monoisotopic (exact) mass is 699 g/mol. The molecule has 4 aromatic rings. The normalized spacial score (nSPS) is 12.7. The number of hydrogen-bond acceptors (Lipinski definition) is 4. The van der Waals surface area contributed by atoms with Crippen LogP contribution in [0.5, 0.6) is 0 Å². The van der Waals surface area contributed by atoms with Crippen LogP contribution in [0.25, 0.3) is 0 Å². The van der Waals surface area contributed by atoms with Crippen molar-refractivity contribution < 1.29 is 18.0 Å². The second-order valence-corrected chi connectivity index (χ2v) is 14.2. The summed E-state index contributed by atoms with van der Waals surface area (Å²) < 4.78 is 29.4. The Kier molecular flexibility index (Phi) is 12.1. The van der Waals surface area contributed by atoms with Gasteiger partial charge in [-0.3, -0.25) is 13.9 Å². The van der Waals surface area contributed by atoms with Crippen LogP contribution in [-0.2, 0) is 32.6 Å². The third-order valence-corrected chi connectivity index (χ3v) is 10.3. The molecule has 4 aromatic carbocycles. The highest BCUT2D eigenvalue weighted by molar-refractivity contribution is 7.92. The first-order valence-electron chi connectivity index (χ1n) is 14.8. The lowest BCUT2D eigenvalue weighted by Crippen LogP contribution is -2.54. The molecule has 46 heavy (non-hydrogen) atoms. The topological polar surface area (TPSA) is 86.8 Å². The predicted octanol–water partition coefficient (Wildman–Crippen LogP) is 7.71. The van der Waals surface area contributed by atoms with Crippen LogP contribution in [0.2, 0.25) is 15.1 Å². The van der Waals surface area contributed by atoms with Crippen molar-refractivity contribution in [1.82, 2.24) is 10.2 Å². The van der Waals surface area contributed by atoms with E-state index in [0.29, 0.717) is 32.6 Å². The van der Waals surface area contributed by atoms with Crippen molar-refractivity contribution in [2.24, 2.45) is 0 Å². The average Bonchev–Trinajstić information content (AvgIpc) is 3.03. The minimum absolute atomic E-state index is 0.0137.